The Bertz CT molecular complexity index is 1450. The molecule has 0 atom stereocenters. The maximum absolute atomic E-state index is 5.12. The first-order chi connectivity index (χ1) is 16.2. The van der Waals surface area contributed by atoms with E-state index in [9.17, 15) is 0 Å². The van der Waals surface area contributed by atoms with E-state index in [0.29, 0.717) is 6.04 Å². The van der Waals surface area contributed by atoms with Crippen LogP contribution < -0.4 is 5.32 Å². The van der Waals surface area contributed by atoms with E-state index in [4.69, 9.17) is 15.0 Å². The first-order valence-electron chi connectivity index (χ1n) is 11.8. The van der Waals surface area contributed by atoms with E-state index in [1.807, 2.05) is 12.5 Å². The molecule has 6 heteroatoms. The lowest BCUT2D eigenvalue weighted by atomic mass is 10.0. The molecule has 1 fully saturated rings. The summed E-state index contributed by atoms with van der Waals surface area (Å²) < 4.78 is 4.52. The van der Waals surface area contributed by atoms with Crippen LogP contribution in [0.25, 0.3) is 44.6 Å². The number of imidazole rings is 2. The third kappa shape index (κ3) is 3.42. The minimum atomic E-state index is 0.372. The van der Waals surface area contributed by atoms with E-state index in [0.717, 1.165) is 72.0 Å². The van der Waals surface area contributed by atoms with Gasteiger partial charge in [-0.05, 0) is 68.2 Å². The van der Waals surface area contributed by atoms with Gasteiger partial charge in [-0.25, -0.2) is 15.0 Å². The predicted octanol–water partition coefficient (Wildman–Crippen LogP) is 5.37. The number of piperidine rings is 1. The van der Waals surface area contributed by atoms with Crippen LogP contribution >= 0.6 is 0 Å². The summed E-state index contributed by atoms with van der Waals surface area (Å²) in [6.45, 7) is 7.21. The molecule has 5 aromatic rings. The fraction of sp³-hybridized carbons (Fsp3) is 0.296. The van der Waals surface area contributed by atoms with E-state index in [2.05, 4.69) is 76.8 Å². The van der Waals surface area contributed by atoms with Crippen molar-refractivity contribution in [3.05, 3.63) is 66.7 Å². The third-order valence-electron chi connectivity index (χ3n) is 6.94. The number of pyridine rings is 1. The highest BCUT2D eigenvalue weighted by atomic mass is 15.2. The fourth-order valence-corrected chi connectivity index (χ4v) is 5.07. The van der Waals surface area contributed by atoms with Crippen molar-refractivity contribution in [2.24, 2.45) is 0 Å². The van der Waals surface area contributed by atoms with E-state index >= 15 is 0 Å². The molecule has 4 heterocycles. The molecular weight excluding hydrogens is 408 g/mol. The molecule has 0 aliphatic carbocycles. The lowest BCUT2D eigenvalue weighted by Crippen LogP contribution is -2.29. The molecule has 1 aliphatic heterocycles. The highest BCUT2D eigenvalue weighted by Crippen LogP contribution is 2.34. The first kappa shape index (κ1) is 20.1. The Hall–Kier alpha value is -3.51. The van der Waals surface area contributed by atoms with Crippen LogP contribution in [0.15, 0.2) is 61.1 Å². The van der Waals surface area contributed by atoms with Gasteiger partial charge in [0, 0.05) is 30.0 Å². The van der Waals surface area contributed by atoms with Crippen LogP contribution in [-0.2, 0) is 6.54 Å². The maximum atomic E-state index is 5.12. The van der Waals surface area contributed by atoms with Gasteiger partial charge in [0.2, 0.25) is 0 Å². The molecule has 0 unspecified atom stereocenters. The summed E-state index contributed by atoms with van der Waals surface area (Å²) in [5.41, 5.74) is 6.24. The zero-order chi connectivity index (χ0) is 22.4. The number of nitrogens with zero attached hydrogens (tertiary/aromatic N) is 5. The van der Waals surface area contributed by atoms with Crippen molar-refractivity contribution in [1.82, 2.24) is 29.4 Å². The van der Waals surface area contributed by atoms with Gasteiger partial charge >= 0.3 is 0 Å². The van der Waals surface area contributed by atoms with Crippen molar-refractivity contribution in [2.45, 2.75) is 39.3 Å². The SMILES string of the molecule is CCn1cnc(-c2nc3cc(-c4ccc5ccccc5c4)cnc3n2C2CCNCC2)c1C. The molecule has 6 rings (SSSR count). The van der Waals surface area contributed by atoms with Crippen LogP contribution in [0.5, 0.6) is 0 Å². The molecular formula is C27H28N6. The number of fused-ring (bicyclic) bond motifs is 2. The van der Waals surface area contributed by atoms with Crippen LogP contribution in [0.1, 0.15) is 31.5 Å². The lowest BCUT2D eigenvalue weighted by molar-refractivity contribution is 0.376. The monoisotopic (exact) mass is 436 g/mol. The van der Waals surface area contributed by atoms with Crippen LogP contribution in [0.2, 0.25) is 0 Å². The van der Waals surface area contributed by atoms with Crippen LogP contribution in [0, 0.1) is 6.92 Å². The molecule has 0 saturated carbocycles. The Morgan fingerprint density at radius 3 is 2.58 bits per heavy atom. The van der Waals surface area contributed by atoms with Crippen molar-refractivity contribution < 1.29 is 0 Å². The van der Waals surface area contributed by atoms with Gasteiger partial charge in [-0.3, -0.25) is 0 Å². The minimum Gasteiger partial charge on any atom is -0.334 e. The zero-order valence-electron chi connectivity index (χ0n) is 19.1. The van der Waals surface area contributed by atoms with Crippen molar-refractivity contribution >= 4 is 21.9 Å². The van der Waals surface area contributed by atoms with Gasteiger partial charge in [-0.1, -0.05) is 36.4 Å². The standard InChI is InChI=1S/C27H28N6/c1-3-32-17-30-25(18(32)2)27-31-24-15-22(21-9-8-19-6-4-5-7-20(19)14-21)16-29-26(24)33(27)23-10-12-28-13-11-23/h4-9,14-17,23,28H,3,10-13H2,1-2H3. The van der Waals surface area contributed by atoms with E-state index in [1.54, 1.807) is 0 Å². The number of rotatable bonds is 4. The third-order valence-corrected chi connectivity index (χ3v) is 6.94. The predicted molar refractivity (Wildman–Crippen MR) is 133 cm³/mol. The highest BCUT2D eigenvalue weighted by Gasteiger charge is 2.25. The second-order valence-corrected chi connectivity index (χ2v) is 8.88. The summed E-state index contributed by atoms with van der Waals surface area (Å²) in [4.78, 5) is 14.8. The molecule has 2 aromatic carbocycles. The Labute approximate surface area is 193 Å². The topological polar surface area (TPSA) is 60.6 Å². The van der Waals surface area contributed by atoms with Gasteiger partial charge < -0.3 is 14.5 Å². The van der Waals surface area contributed by atoms with E-state index < -0.39 is 0 Å². The second-order valence-electron chi connectivity index (χ2n) is 8.88. The van der Waals surface area contributed by atoms with Crippen LogP contribution in [0.3, 0.4) is 0 Å². The number of aryl methyl sites for hydroxylation is 1. The average molecular weight is 437 g/mol. The van der Waals surface area contributed by atoms with Crippen molar-refractivity contribution in [1.29, 1.82) is 0 Å². The molecule has 0 radical (unpaired) electrons. The molecule has 33 heavy (non-hydrogen) atoms. The number of benzene rings is 2. The normalized spacial score (nSPS) is 15.0. The minimum absolute atomic E-state index is 0.372. The summed E-state index contributed by atoms with van der Waals surface area (Å²) in [7, 11) is 0. The molecule has 0 amide bonds. The number of nitrogens with one attached hydrogen (secondary N) is 1. The van der Waals surface area contributed by atoms with Gasteiger partial charge in [0.25, 0.3) is 0 Å². The number of hydrogen-bond donors (Lipinski definition) is 1. The van der Waals surface area contributed by atoms with Crippen molar-refractivity contribution in [3.63, 3.8) is 0 Å². The highest BCUT2D eigenvalue weighted by molar-refractivity contribution is 5.89. The molecule has 1 saturated heterocycles. The average Bonchev–Trinajstić information content (AvgIpc) is 3.43. The maximum Gasteiger partial charge on any atom is 0.163 e. The van der Waals surface area contributed by atoms with Gasteiger partial charge in [-0.2, -0.15) is 0 Å². The summed E-state index contributed by atoms with van der Waals surface area (Å²) in [5.74, 6) is 0.935. The fourth-order valence-electron chi connectivity index (χ4n) is 5.07. The molecule has 3 aromatic heterocycles. The molecule has 166 valence electrons. The molecule has 1 aliphatic rings. The number of hydrogen-bond acceptors (Lipinski definition) is 4. The van der Waals surface area contributed by atoms with Gasteiger partial charge in [0.15, 0.2) is 11.5 Å². The van der Waals surface area contributed by atoms with E-state index in [1.165, 1.54) is 10.8 Å². The molecule has 6 nitrogen and oxygen atoms in total. The Kier molecular flexibility index (Phi) is 4.95. The van der Waals surface area contributed by atoms with Crippen LogP contribution in [0.4, 0.5) is 0 Å². The lowest BCUT2D eigenvalue weighted by Gasteiger charge is -2.25. The van der Waals surface area contributed by atoms with Gasteiger partial charge in [0.1, 0.15) is 11.2 Å². The molecule has 1 N–H and O–H groups in total. The summed E-state index contributed by atoms with van der Waals surface area (Å²) in [6, 6.07) is 17.6. The Balaban J connectivity index is 1.52. The van der Waals surface area contributed by atoms with Gasteiger partial charge in [-0.15, -0.1) is 0 Å². The number of aromatic nitrogens is 5. The smallest absolute Gasteiger partial charge is 0.163 e. The molecule has 0 spiro atoms. The summed E-state index contributed by atoms with van der Waals surface area (Å²) in [5, 5.41) is 5.96. The first-order valence-corrected chi connectivity index (χ1v) is 11.8. The largest absolute Gasteiger partial charge is 0.334 e. The summed E-state index contributed by atoms with van der Waals surface area (Å²) in [6.07, 6.45) is 6.05. The Morgan fingerprint density at radius 1 is 0.970 bits per heavy atom. The summed E-state index contributed by atoms with van der Waals surface area (Å²) >= 11 is 0. The van der Waals surface area contributed by atoms with E-state index in [-0.39, 0.29) is 0 Å². The molecule has 0 bridgehead atoms. The Morgan fingerprint density at radius 2 is 1.79 bits per heavy atom. The zero-order valence-corrected chi connectivity index (χ0v) is 19.1. The van der Waals surface area contributed by atoms with Crippen LogP contribution in [-0.4, -0.2) is 37.2 Å². The van der Waals surface area contributed by atoms with Crippen molar-refractivity contribution in [2.75, 3.05) is 13.1 Å². The van der Waals surface area contributed by atoms with Gasteiger partial charge in [0.05, 0.1) is 6.33 Å². The second kappa shape index (κ2) is 8.12. The quantitative estimate of drug-likeness (QED) is 0.412. The van der Waals surface area contributed by atoms with Crippen molar-refractivity contribution in [3.8, 4) is 22.6 Å².